The van der Waals surface area contributed by atoms with Crippen LogP contribution in [0.5, 0.6) is 11.5 Å². The molecule has 0 aliphatic heterocycles. The van der Waals surface area contributed by atoms with Gasteiger partial charge in [0, 0.05) is 5.56 Å². The maximum Gasteiger partial charge on any atom is 0.335 e. The molecule has 0 aliphatic carbocycles. The monoisotopic (exact) mass is 699 g/mol. The fourth-order valence-corrected chi connectivity index (χ4v) is 5.82. The summed E-state index contributed by atoms with van der Waals surface area (Å²) < 4.78 is 0. The van der Waals surface area contributed by atoms with Gasteiger partial charge in [0.25, 0.3) is 0 Å². The smallest absolute Gasteiger partial charge is 0.335 e. The number of carboxylic acid groups (broad SMARTS) is 1. The van der Waals surface area contributed by atoms with E-state index in [-0.39, 0.29) is 11.3 Å². The van der Waals surface area contributed by atoms with Crippen LogP contribution in [0.3, 0.4) is 0 Å². The van der Waals surface area contributed by atoms with Crippen molar-refractivity contribution in [2.45, 2.75) is 159 Å². The van der Waals surface area contributed by atoms with Gasteiger partial charge in [-0.15, -0.1) is 0 Å². The van der Waals surface area contributed by atoms with Crippen molar-refractivity contribution in [3.63, 3.8) is 0 Å². The average molecular weight is 699 g/mol. The van der Waals surface area contributed by atoms with Crippen LogP contribution in [0.2, 0.25) is 0 Å². The first-order valence-electron chi connectivity index (χ1n) is 19.2. The van der Waals surface area contributed by atoms with Gasteiger partial charge >= 0.3 is 5.97 Å². The van der Waals surface area contributed by atoms with E-state index in [1.807, 2.05) is 13.0 Å². The summed E-state index contributed by atoms with van der Waals surface area (Å²) in [6.45, 7) is 19.9. The molecule has 1 rings (SSSR count). The maximum absolute atomic E-state index is 11.3. The van der Waals surface area contributed by atoms with Crippen LogP contribution in [0.1, 0.15) is 168 Å². The molecule has 51 heavy (non-hydrogen) atoms. The Hall–Kier alpha value is -3.79. The van der Waals surface area contributed by atoms with Crippen molar-refractivity contribution < 1.29 is 20.1 Å². The van der Waals surface area contributed by atoms with E-state index in [0.717, 1.165) is 95.1 Å². The Balaban J connectivity index is 2.31. The van der Waals surface area contributed by atoms with Crippen LogP contribution in [0.25, 0.3) is 0 Å². The molecule has 1 aromatic rings. The van der Waals surface area contributed by atoms with Crippen molar-refractivity contribution in [2.75, 3.05) is 0 Å². The summed E-state index contributed by atoms with van der Waals surface area (Å²) in [6, 6.07) is 2.48. The lowest BCUT2D eigenvalue weighted by Crippen LogP contribution is -1.98. The van der Waals surface area contributed by atoms with Crippen molar-refractivity contribution in [2.24, 2.45) is 0 Å². The number of phenols is 2. The number of hydrogen-bond donors (Lipinski definition) is 3. The van der Waals surface area contributed by atoms with E-state index >= 15 is 0 Å². The predicted molar refractivity (Wildman–Crippen MR) is 221 cm³/mol. The van der Waals surface area contributed by atoms with E-state index < -0.39 is 11.7 Å². The molecule has 0 aliphatic rings. The van der Waals surface area contributed by atoms with Gasteiger partial charge in [0.2, 0.25) is 0 Å². The molecule has 1 aromatic carbocycles. The molecule has 0 bridgehead atoms. The zero-order valence-electron chi connectivity index (χ0n) is 33.6. The summed E-state index contributed by atoms with van der Waals surface area (Å²) in [5.74, 6) is -1.79. The third-order valence-corrected chi connectivity index (χ3v) is 9.37. The minimum Gasteiger partial charge on any atom is -0.504 e. The first-order chi connectivity index (χ1) is 24.2. The molecular formula is C47H70O4. The second-order valence-electron chi connectivity index (χ2n) is 14.9. The Kier molecular flexibility index (Phi) is 23.1. The van der Waals surface area contributed by atoms with Gasteiger partial charge in [-0.3, -0.25) is 0 Å². The van der Waals surface area contributed by atoms with Crippen LogP contribution in [0.15, 0.2) is 105 Å². The molecule has 282 valence electrons. The fourth-order valence-electron chi connectivity index (χ4n) is 5.82. The number of carboxylic acids is 1. The van der Waals surface area contributed by atoms with Crippen molar-refractivity contribution in [3.05, 3.63) is 116 Å². The van der Waals surface area contributed by atoms with Gasteiger partial charge in [-0.05, 0) is 171 Å². The van der Waals surface area contributed by atoms with Crippen LogP contribution in [-0.2, 0) is 6.42 Å². The number of allylic oxidation sites excluding steroid dienone is 16. The summed E-state index contributed by atoms with van der Waals surface area (Å²) in [6.07, 6.45) is 34.4. The van der Waals surface area contributed by atoms with Crippen molar-refractivity contribution in [3.8, 4) is 11.5 Å². The summed E-state index contributed by atoms with van der Waals surface area (Å²) >= 11 is 0. The Morgan fingerprint density at radius 3 is 1.06 bits per heavy atom. The molecule has 0 heterocycles. The molecule has 0 aromatic heterocycles. The Morgan fingerprint density at radius 1 is 0.471 bits per heavy atom. The molecule has 0 spiro atoms. The van der Waals surface area contributed by atoms with Crippen LogP contribution < -0.4 is 0 Å². The van der Waals surface area contributed by atoms with Gasteiger partial charge in [-0.1, -0.05) is 93.2 Å². The highest BCUT2D eigenvalue weighted by molar-refractivity contribution is 5.89. The number of hydrogen-bond acceptors (Lipinski definition) is 3. The molecule has 0 saturated heterocycles. The predicted octanol–water partition coefficient (Wildman–Crippen LogP) is 14.4. The van der Waals surface area contributed by atoms with E-state index in [0.29, 0.717) is 12.0 Å². The summed E-state index contributed by atoms with van der Waals surface area (Å²) in [5, 5.41) is 29.1. The molecule has 0 amide bonds. The average Bonchev–Trinajstić information content (AvgIpc) is 3.05. The third kappa shape index (κ3) is 22.6. The number of aromatic carboxylic acids is 1. The molecule has 0 fully saturated rings. The van der Waals surface area contributed by atoms with Crippen molar-refractivity contribution in [1.82, 2.24) is 0 Å². The lowest BCUT2D eigenvalue weighted by Gasteiger charge is -2.07. The van der Waals surface area contributed by atoms with E-state index in [1.54, 1.807) is 0 Å². The zero-order chi connectivity index (χ0) is 38.2. The lowest BCUT2D eigenvalue weighted by molar-refractivity contribution is 0.0696. The van der Waals surface area contributed by atoms with E-state index in [1.165, 1.54) is 51.5 Å². The van der Waals surface area contributed by atoms with Crippen molar-refractivity contribution in [1.29, 1.82) is 0 Å². The normalized spacial score (nSPS) is 13.9. The molecule has 0 atom stereocenters. The summed E-state index contributed by atoms with van der Waals surface area (Å²) in [4.78, 5) is 11.3. The summed E-state index contributed by atoms with van der Waals surface area (Å²) in [7, 11) is 0. The topological polar surface area (TPSA) is 77.8 Å². The van der Waals surface area contributed by atoms with Gasteiger partial charge in [0.1, 0.15) is 0 Å². The second kappa shape index (κ2) is 26.1. The second-order valence-corrected chi connectivity index (χ2v) is 14.9. The molecular weight excluding hydrogens is 629 g/mol. The van der Waals surface area contributed by atoms with Crippen LogP contribution in [0.4, 0.5) is 0 Å². The first-order valence-corrected chi connectivity index (χ1v) is 19.2. The highest BCUT2D eigenvalue weighted by Gasteiger charge is 2.12. The van der Waals surface area contributed by atoms with E-state index in [4.69, 9.17) is 0 Å². The molecule has 4 nitrogen and oxygen atoms in total. The number of carbonyl (C=O) groups is 1. The fraction of sp³-hybridized carbons (Fsp3) is 0.511. The largest absolute Gasteiger partial charge is 0.504 e. The molecule has 0 saturated carbocycles. The Morgan fingerprint density at radius 2 is 0.765 bits per heavy atom. The third-order valence-electron chi connectivity index (χ3n) is 9.37. The molecule has 0 unspecified atom stereocenters. The lowest BCUT2D eigenvalue weighted by atomic mass is 10.0. The van der Waals surface area contributed by atoms with Gasteiger partial charge in [0.05, 0.1) is 5.56 Å². The summed E-state index contributed by atoms with van der Waals surface area (Å²) in [5.41, 5.74) is 11.8. The number of rotatable bonds is 24. The number of aromatic hydroxyl groups is 2. The number of phenolic OH excluding ortho intramolecular Hbond substituents is 2. The van der Waals surface area contributed by atoms with E-state index in [9.17, 15) is 20.1 Å². The minimum absolute atomic E-state index is 0.0321. The van der Waals surface area contributed by atoms with E-state index in [2.05, 4.69) is 97.9 Å². The van der Waals surface area contributed by atoms with Crippen LogP contribution >= 0.6 is 0 Å². The van der Waals surface area contributed by atoms with Gasteiger partial charge in [-0.25, -0.2) is 4.79 Å². The first kappa shape index (κ1) is 45.2. The zero-order valence-corrected chi connectivity index (χ0v) is 33.6. The number of benzene rings is 1. The molecule has 3 N–H and O–H groups in total. The van der Waals surface area contributed by atoms with Gasteiger partial charge in [-0.2, -0.15) is 0 Å². The SMILES string of the molecule is CC(C)=CCC/C(C)=C/CC/C(C)=C/CC/C(C)=C/CC/C(C)=C/CC/C(C)=C/CC/C(C)=C/CC/C(C)=C/Cc1cc(C(=O)O)cc(O)c1O. The Labute approximate surface area is 311 Å². The molecule has 4 heteroatoms. The quantitative estimate of drug-likeness (QED) is 0.0742. The minimum atomic E-state index is -1.13. The van der Waals surface area contributed by atoms with Gasteiger partial charge in [0.15, 0.2) is 11.5 Å². The maximum atomic E-state index is 11.3. The van der Waals surface area contributed by atoms with Crippen molar-refractivity contribution >= 4 is 5.97 Å². The van der Waals surface area contributed by atoms with Crippen LogP contribution in [0, 0.1) is 0 Å². The molecule has 0 radical (unpaired) electrons. The van der Waals surface area contributed by atoms with Crippen LogP contribution in [-0.4, -0.2) is 21.3 Å². The highest BCUT2D eigenvalue weighted by atomic mass is 16.4. The Bertz CT molecular complexity index is 1480. The van der Waals surface area contributed by atoms with Gasteiger partial charge < -0.3 is 15.3 Å². The highest BCUT2D eigenvalue weighted by Crippen LogP contribution is 2.31. The standard InChI is InChI=1S/C47H70O4/c1-35(2)17-10-18-36(3)19-11-20-37(4)21-12-22-38(5)23-13-24-39(6)25-14-26-40(7)27-15-28-41(8)29-16-30-42(9)31-32-43-33-44(47(50)51)34-45(48)46(43)49/h17,19,21,23,25,27,29,31,33-34,48-49H,10-16,18,20,22,24,26,28,30,32H2,1-9H3,(H,50,51)/b36-19+,37-21+,38-23+,39-25+,40-27+,41-29+,42-31+.